The Morgan fingerprint density at radius 1 is 1.36 bits per heavy atom. The first kappa shape index (κ1) is 18.9. The minimum absolute atomic E-state index is 0. The molecule has 1 fully saturated rings. The summed E-state index contributed by atoms with van der Waals surface area (Å²) in [7, 11) is 1.80. The maximum Gasteiger partial charge on any atom is 0.274 e. The van der Waals surface area contributed by atoms with Crippen molar-refractivity contribution in [3.05, 3.63) is 52.3 Å². The van der Waals surface area contributed by atoms with Crippen LogP contribution >= 0.6 is 12.4 Å². The van der Waals surface area contributed by atoms with Crippen molar-refractivity contribution in [1.82, 2.24) is 20.0 Å². The second-order valence-electron chi connectivity index (χ2n) is 5.82. The predicted octanol–water partition coefficient (Wildman–Crippen LogP) is 2.03. The van der Waals surface area contributed by atoms with E-state index in [4.69, 9.17) is 0 Å². The molecule has 0 unspecified atom stereocenters. The van der Waals surface area contributed by atoms with E-state index in [0.717, 1.165) is 25.9 Å². The molecule has 1 aromatic heterocycles. The van der Waals surface area contributed by atoms with E-state index < -0.39 is 4.92 Å². The third kappa shape index (κ3) is 4.15. The van der Waals surface area contributed by atoms with Crippen LogP contribution in [0, 0.1) is 10.1 Å². The molecule has 0 saturated carbocycles. The number of nitro groups is 1. The van der Waals surface area contributed by atoms with Gasteiger partial charge in [0.25, 0.3) is 11.6 Å². The van der Waals surface area contributed by atoms with Crippen LogP contribution in [0.2, 0.25) is 0 Å². The summed E-state index contributed by atoms with van der Waals surface area (Å²) in [5, 5.41) is 18.4. The van der Waals surface area contributed by atoms with Gasteiger partial charge in [-0.2, -0.15) is 5.10 Å². The van der Waals surface area contributed by atoms with Crippen molar-refractivity contribution in [2.45, 2.75) is 18.9 Å². The third-order valence-corrected chi connectivity index (χ3v) is 4.29. The highest BCUT2D eigenvalue weighted by Gasteiger charge is 2.24. The Morgan fingerprint density at radius 2 is 2.08 bits per heavy atom. The van der Waals surface area contributed by atoms with Gasteiger partial charge in [-0.15, -0.1) is 12.4 Å². The summed E-state index contributed by atoms with van der Waals surface area (Å²) >= 11 is 0. The zero-order valence-corrected chi connectivity index (χ0v) is 14.6. The Kier molecular flexibility index (Phi) is 6.11. The Labute approximate surface area is 151 Å². The molecule has 0 atom stereocenters. The predicted molar refractivity (Wildman–Crippen MR) is 95.5 cm³/mol. The number of hydrogen-bond donors (Lipinski definition) is 1. The monoisotopic (exact) mass is 365 g/mol. The fourth-order valence-corrected chi connectivity index (χ4v) is 2.87. The van der Waals surface area contributed by atoms with Crippen LogP contribution in [0.1, 0.15) is 23.3 Å². The molecule has 3 rings (SSSR count). The van der Waals surface area contributed by atoms with Gasteiger partial charge in [0.2, 0.25) is 0 Å². The van der Waals surface area contributed by atoms with E-state index in [1.807, 2.05) is 0 Å². The SMILES string of the molecule is CN(C(=O)c1ccn(-c2cccc([N+](=O)[O-])c2)n1)C1CCNCC1.Cl. The van der Waals surface area contributed by atoms with Gasteiger partial charge in [-0.05, 0) is 38.1 Å². The van der Waals surface area contributed by atoms with Crippen LogP contribution in [0.15, 0.2) is 36.5 Å². The largest absolute Gasteiger partial charge is 0.337 e. The van der Waals surface area contributed by atoms with Crippen molar-refractivity contribution >= 4 is 24.0 Å². The second-order valence-corrected chi connectivity index (χ2v) is 5.82. The Hall–Kier alpha value is -2.45. The first-order valence-electron chi connectivity index (χ1n) is 7.84. The molecule has 1 aliphatic heterocycles. The van der Waals surface area contributed by atoms with Gasteiger partial charge in [0.15, 0.2) is 5.69 Å². The van der Waals surface area contributed by atoms with Crippen LogP contribution in [-0.2, 0) is 0 Å². The molecule has 8 nitrogen and oxygen atoms in total. The van der Waals surface area contributed by atoms with Crippen molar-refractivity contribution < 1.29 is 9.72 Å². The van der Waals surface area contributed by atoms with E-state index >= 15 is 0 Å². The summed E-state index contributed by atoms with van der Waals surface area (Å²) in [5.41, 5.74) is 0.873. The van der Waals surface area contributed by atoms with E-state index in [2.05, 4.69) is 10.4 Å². The van der Waals surface area contributed by atoms with E-state index in [-0.39, 0.29) is 30.0 Å². The lowest BCUT2D eigenvalue weighted by Gasteiger charge is -2.31. The quantitative estimate of drug-likeness (QED) is 0.661. The Morgan fingerprint density at radius 3 is 2.76 bits per heavy atom. The lowest BCUT2D eigenvalue weighted by molar-refractivity contribution is -0.384. The highest BCUT2D eigenvalue weighted by molar-refractivity contribution is 5.92. The molecule has 0 spiro atoms. The van der Waals surface area contributed by atoms with Crippen LogP contribution < -0.4 is 5.32 Å². The van der Waals surface area contributed by atoms with Gasteiger partial charge in [0.1, 0.15) is 0 Å². The minimum atomic E-state index is -0.454. The summed E-state index contributed by atoms with van der Waals surface area (Å²) in [5.74, 6) is -0.133. The average Bonchev–Trinajstić information content (AvgIpc) is 3.11. The Balaban J connectivity index is 0.00000225. The molecular formula is C16H20ClN5O3. The van der Waals surface area contributed by atoms with Gasteiger partial charge in [0.05, 0.1) is 10.6 Å². The van der Waals surface area contributed by atoms with E-state index in [1.54, 1.807) is 36.3 Å². The van der Waals surface area contributed by atoms with Gasteiger partial charge in [0, 0.05) is 31.4 Å². The van der Waals surface area contributed by atoms with E-state index in [9.17, 15) is 14.9 Å². The number of rotatable bonds is 4. The smallest absolute Gasteiger partial charge is 0.274 e. The molecule has 0 bridgehead atoms. The highest BCUT2D eigenvalue weighted by atomic mass is 35.5. The number of nitrogens with one attached hydrogen (secondary N) is 1. The van der Waals surface area contributed by atoms with Crippen molar-refractivity contribution in [3.63, 3.8) is 0 Å². The molecule has 9 heteroatoms. The number of hydrogen-bond acceptors (Lipinski definition) is 5. The van der Waals surface area contributed by atoms with E-state index in [1.165, 1.54) is 16.8 Å². The van der Waals surface area contributed by atoms with Gasteiger partial charge in [-0.1, -0.05) is 6.07 Å². The molecule has 0 radical (unpaired) electrons. The molecule has 1 saturated heterocycles. The number of nitrogens with zero attached hydrogens (tertiary/aromatic N) is 4. The van der Waals surface area contributed by atoms with Gasteiger partial charge in [-0.25, -0.2) is 4.68 Å². The first-order valence-corrected chi connectivity index (χ1v) is 7.84. The van der Waals surface area contributed by atoms with Crippen LogP contribution in [0.4, 0.5) is 5.69 Å². The fourth-order valence-electron chi connectivity index (χ4n) is 2.87. The molecule has 1 N–H and O–H groups in total. The molecule has 1 amide bonds. The molecule has 25 heavy (non-hydrogen) atoms. The number of nitro benzene ring substituents is 1. The van der Waals surface area contributed by atoms with E-state index in [0.29, 0.717) is 11.4 Å². The normalized spacial score (nSPS) is 14.6. The number of amides is 1. The molecule has 0 aliphatic carbocycles. The number of non-ortho nitro benzene ring substituents is 1. The zero-order chi connectivity index (χ0) is 17.1. The van der Waals surface area contributed by atoms with Crippen molar-refractivity contribution in [2.75, 3.05) is 20.1 Å². The topological polar surface area (TPSA) is 93.3 Å². The molecule has 2 aromatic rings. The number of carbonyl (C=O) groups excluding carboxylic acids is 1. The van der Waals surface area contributed by atoms with Crippen LogP contribution in [0.5, 0.6) is 0 Å². The maximum atomic E-state index is 12.6. The number of piperidine rings is 1. The summed E-state index contributed by atoms with van der Waals surface area (Å²) in [6, 6.07) is 8.00. The van der Waals surface area contributed by atoms with Crippen LogP contribution in [-0.4, -0.2) is 51.7 Å². The van der Waals surface area contributed by atoms with Gasteiger partial charge in [-0.3, -0.25) is 14.9 Å². The molecule has 1 aromatic carbocycles. The number of carbonyl (C=O) groups is 1. The number of aromatic nitrogens is 2. The zero-order valence-electron chi connectivity index (χ0n) is 13.8. The van der Waals surface area contributed by atoms with Crippen molar-refractivity contribution in [3.8, 4) is 5.69 Å². The molecule has 2 heterocycles. The molecule has 1 aliphatic rings. The lowest BCUT2D eigenvalue weighted by atomic mass is 10.1. The standard InChI is InChI=1S/C16H19N5O3.ClH/c1-19(12-5-8-17-9-6-12)16(22)15-7-10-20(18-15)13-3-2-4-14(11-13)21(23)24;/h2-4,7,10-12,17H,5-6,8-9H2,1H3;1H. The van der Waals surface area contributed by atoms with Crippen LogP contribution in [0.3, 0.4) is 0 Å². The van der Waals surface area contributed by atoms with Gasteiger partial charge < -0.3 is 10.2 Å². The fraction of sp³-hybridized carbons (Fsp3) is 0.375. The summed E-state index contributed by atoms with van der Waals surface area (Å²) in [6.45, 7) is 1.81. The maximum absolute atomic E-state index is 12.6. The minimum Gasteiger partial charge on any atom is -0.337 e. The summed E-state index contributed by atoms with van der Waals surface area (Å²) in [6.07, 6.45) is 3.49. The highest BCUT2D eigenvalue weighted by Crippen LogP contribution is 2.17. The van der Waals surface area contributed by atoms with Crippen LogP contribution in [0.25, 0.3) is 5.69 Å². The first-order chi connectivity index (χ1) is 11.6. The second kappa shape index (κ2) is 8.09. The lowest BCUT2D eigenvalue weighted by Crippen LogP contribution is -2.44. The number of halogens is 1. The molecular weight excluding hydrogens is 346 g/mol. The third-order valence-electron chi connectivity index (χ3n) is 4.29. The van der Waals surface area contributed by atoms with Crippen molar-refractivity contribution in [2.24, 2.45) is 0 Å². The Bertz CT molecular complexity index is 758. The summed E-state index contributed by atoms with van der Waals surface area (Å²) in [4.78, 5) is 24.7. The van der Waals surface area contributed by atoms with Crippen molar-refractivity contribution in [1.29, 1.82) is 0 Å². The molecule has 134 valence electrons. The summed E-state index contributed by atoms with van der Waals surface area (Å²) < 4.78 is 1.48. The number of benzene rings is 1. The average molecular weight is 366 g/mol. The van der Waals surface area contributed by atoms with Gasteiger partial charge >= 0.3 is 0 Å².